The summed E-state index contributed by atoms with van der Waals surface area (Å²) in [6.45, 7) is 5.20. The van der Waals surface area contributed by atoms with Gasteiger partial charge in [0.25, 0.3) is 0 Å². The third-order valence-electron chi connectivity index (χ3n) is 3.19. The predicted octanol–water partition coefficient (Wildman–Crippen LogP) is -1.12. The van der Waals surface area contributed by atoms with Crippen molar-refractivity contribution in [2.75, 3.05) is 32.7 Å². The minimum absolute atomic E-state index is 0.0220. The lowest BCUT2D eigenvalue weighted by molar-refractivity contribution is -0.126. The third kappa shape index (κ3) is 2.33. The van der Waals surface area contributed by atoms with Crippen LogP contribution in [0.5, 0.6) is 0 Å². The lowest BCUT2D eigenvalue weighted by atomic mass is 10.0. The van der Waals surface area contributed by atoms with E-state index in [1.54, 1.807) is 0 Å². The summed E-state index contributed by atoms with van der Waals surface area (Å²) in [5, 5.41) is 9.08. The second kappa shape index (κ2) is 4.39. The highest BCUT2D eigenvalue weighted by Gasteiger charge is 2.31. The molecule has 1 atom stereocenters. The van der Waals surface area contributed by atoms with Crippen LogP contribution in [0, 0.1) is 0 Å². The molecule has 2 fully saturated rings. The quantitative estimate of drug-likeness (QED) is 0.570. The van der Waals surface area contributed by atoms with E-state index in [0.29, 0.717) is 13.1 Å². The van der Waals surface area contributed by atoms with Gasteiger partial charge in [0.2, 0.25) is 5.91 Å². The number of imide groups is 1. The van der Waals surface area contributed by atoms with Gasteiger partial charge in [0.05, 0.1) is 6.54 Å². The molecular formula is C10H18N4O2. The summed E-state index contributed by atoms with van der Waals surface area (Å²) < 4.78 is 0. The molecular weight excluding hydrogens is 208 g/mol. The van der Waals surface area contributed by atoms with Gasteiger partial charge in [0.1, 0.15) is 0 Å². The summed E-state index contributed by atoms with van der Waals surface area (Å²) in [6.07, 6.45) is 1.01. The van der Waals surface area contributed by atoms with Gasteiger partial charge in [-0.25, -0.2) is 4.79 Å². The molecule has 6 nitrogen and oxygen atoms in total. The Morgan fingerprint density at radius 1 is 1.56 bits per heavy atom. The highest BCUT2D eigenvalue weighted by molar-refractivity contribution is 5.96. The van der Waals surface area contributed by atoms with Gasteiger partial charge in [-0.2, -0.15) is 0 Å². The highest BCUT2D eigenvalue weighted by Crippen LogP contribution is 2.12. The average molecular weight is 226 g/mol. The van der Waals surface area contributed by atoms with E-state index in [4.69, 9.17) is 0 Å². The molecule has 0 radical (unpaired) electrons. The first-order valence-electron chi connectivity index (χ1n) is 5.65. The maximum Gasteiger partial charge on any atom is 0.324 e. The van der Waals surface area contributed by atoms with Crippen LogP contribution < -0.4 is 16.0 Å². The second-order valence-electron chi connectivity index (χ2n) is 4.62. The molecule has 0 aliphatic carbocycles. The molecule has 3 N–H and O–H groups in total. The monoisotopic (exact) mass is 226 g/mol. The number of carbonyl (C=O) groups is 2. The molecule has 0 aromatic heterocycles. The van der Waals surface area contributed by atoms with Crippen molar-refractivity contribution in [2.45, 2.75) is 18.9 Å². The van der Waals surface area contributed by atoms with Crippen LogP contribution in [0.25, 0.3) is 0 Å². The van der Waals surface area contributed by atoms with Crippen molar-refractivity contribution in [1.82, 2.24) is 20.9 Å². The number of rotatable bonds is 3. The Kier molecular flexibility index (Phi) is 3.11. The Balaban J connectivity index is 1.81. The summed E-state index contributed by atoms with van der Waals surface area (Å²) in [4.78, 5) is 24.2. The molecule has 1 unspecified atom stereocenters. The van der Waals surface area contributed by atoms with E-state index in [-0.39, 0.29) is 24.0 Å². The maximum atomic E-state index is 11.7. The van der Waals surface area contributed by atoms with Gasteiger partial charge >= 0.3 is 6.03 Å². The van der Waals surface area contributed by atoms with Crippen LogP contribution in [-0.4, -0.2) is 55.1 Å². The summed E-state index contributed by atoms with van der Waals surface area (Å²) in [5.41, 5.74) is -0.0220. The van der Waals surface area contributed by atoms with Crippen molar-refractivity contribution in [1.29, 1.82) is 0 Å². The summed E-state index contributed by atoms with van der Waals surface area (Å²) in [6, 6.07) is -0.276. The highest BCUT2D eigenvalue weighted by atomic mass is 16.2. The minimum Gasteiger partial charge on any atom is -0.336 e. The van der Waals surface area contributed by atoms with Crippen molar-refractivity contribution in [3.8, 4) is 0 Å². The topological polar surface area (TPSA) is 73.5 Å². The molecule has 6 heteroatoms. The van der Waals surface area contributed by atoms with Gasteiger partial charge in [-0.05, 0) is 19.9 Å². The summed E-state index contributed by atoms with van der Waals surface area (Å²) in [7, 11) is 0. The van der Waals surface area contributed by atoms with Gasteiger partial charge in [-0.15, -0.1) is 0 Å². The molecule has 0 aromatic rings. The maximum absolute atomic E-state index is 11.7. The number of nitrogens with zero attached hydrogens (tertiary/aromatic N) is 1. The number of nitrogens with one attached hydrogen (secondary N) is 3. The zero-order valence-corrected chi connectivity index (χ0v) is 9.51. The molecule has 3 amide bonds. The van der Waals surface area contributed by atoms with E-state index in [1.807, 2.05) is 0 Å². The Hall–Kier alpha value is -1.14. The molecule has 2 rings (SSSR count). The largest absolute Gasteiger partial charge is 0.336 e. The number of hydrogen-bond donors (Lipinski definition) is 3. The number of urea groups is 1. The van der Waals surface area contributed by atoms with Crippen molar-refractivity contribution >= 4 is 11.9 Å². The minimum atomic E-state index is -0.276. The molecule has 0 bridgehead atoms. The van der Waals surface area contributed by atoms with Crippen molar-refractivity contribution in [3.05, 3.63) is 0 Å². The SMILES string of the molecule is CC1(NCC(=O)N2CCNC2=O)CCNC1. The van der Waals surface area contributed by atoms with Crippen LogP contribution in [0.15, 0.2) is 0 Å². The molecule has 2 saturated heterocycles. The fraction of sp³-hybridized carbons (Fsp3) is 0.800. The smallest absolute Gasteiger partial charge is 0.324 e. The molecule has 0 spiro atoms. The van der Waals surface area contributed by atoms with Crippen LogP contribution in [0.4, 0.5) is 4.79 Å². The molecule has 2 aliphatic heterocycles. The molecule has 0 saturated carbocycles. The van der Waals surface area contributed by atoms with Gasteiger partial charge in [0, 0.05) is 25.2 Å². The Morgan fingerprint density at radius 3 is 2.94 bits per heavy atom. The van der Waals surface area contributed by atoms with Crippen LogP contribution in [0.2, 0.25) is 0 Å². The Bertz CT molecular complexity index is 299. The second-order valence-corrected chi connectivity index (χ2v) is 4.62. The fourth-order valence-electron chi connectivity index (χ4n) is 2.06. The summed E-state index contributed by atoms with van der Waals surface area (Å²) in [5.74, 6) is -0.150. The lowest BCUT2D eigenvalue weighted by Crippen LogP contribution is -2.49. The Labute approximate surface area is 94.7 Å². The van der Waals surface area contributed by atoms with E-state index < -0.39 is 0 Å². The van der Waals surface area contributed by atoms with Gasteiger partial charge in [0.15, 0.2) is 0 Å². The zero-order chi connectivity index (χ0) is 11.6. The summed E-state index contributed by atoms with van der Waals surface area (Å²) >= 11 is 0. The van der Waals surface area contributed by atoms with E-state index in [9.17, 15) is 9.59 Å². The van der Waals surface area contributed by atoms with E-state index >= 15 is 0 Å². The van der Waals surface area contributed by atoms with Gasteiger partial charge in [-0.3, -0.25) is 9.69 Å². The van der Waals surface area contributed by atoms with E-state index in [2.05, 4.69) is 22.9 Å². The predicted molar refractivity (Wildman–Crippen MR) is 59.0 cm³/mol. The lowest BCUT2D eigenvalue weighted by Gasteiger charge is -2.25. The average Bonchev–Trinajstić information content (AvgIpc) is 2.85. The zero-order valence-electron chi connectivity index (χ0n) is 9.51. The number of hydrogen-bond acceptors (Lipinski definition) is 4. The molecule has 0 aromatic carbocycles. The molecule has 2 aliphatic rings. The first-order chi connectivity index (χ1) is 7.61. The number of amides is 3. The third-order valence-corrected chi connectivity index (χ3v) is 3.19. The van der Waals surface area contributed by atoms with Crippen LogP contribution >= 0.6 is 0 Å². The van der Waals surface area contributed by atoms with Crippen LogP contribution in [0.1, 0.15) is 13.3 Å². The van der Waals surface area contributed by atoms with Crippen molar-refractivity contribution < 1.29 is 9.59 Å². The fourth-order valence-corrected chi connectivity index (χ4v) is 2.06. The van der Waals surface area contributed by atoms with Gasteiger partial charge < -0.3 is 16.0 Å². The first kappa shape index (κ1) is 11.3. The molecule has 90 valence electrons. The van der Waals surface area contributed by atoms with Crippen LogP contribution in [-0.2, 0) is 4.79 Å². The van der Waals surface area contributed by atoms with E-state index in [0.717, 1.165) is 19.5 Å². The first-order valence-corrected chi connectivity index (χ1v) is 5.65. The molecule has 2 heterocycles. The van der Waals surface area contributed by atoms with E-state index in [1.165, 1.54) is 4.90 Å². The van der Waals surface area contributed by atoms with Crippen LogP contribution in [0.3, 0.4) is 0 Å². The normalized spacial score (nSPS) is 29.6. The molecule has 16 heavy (non-hydrogen) atoms. The number of carbonyl (C=O) groups excluding carboxylic acids is 2. The standard InChI is InChI=1S/C10H18N4O2/c1-10(2-3-11-7-10)13-6-8(15)14-5-4-12-9(14)16/h11,13H,2-7H2,1H3,(H,12,16). The van der Waals surface area contributed by atoms with Crippen molar-refractivity contribution in [2.24, 2.45) is 0 Å². The van der Waals surface area contributed by atoms with Gasteiger partial charge in [-0.1, -0.05) is 0 Å². The van der Waals surface area contributed by atoms with Crippen molar-refractivity contribution in [3.63, 3.8) is 0 Å². The Morgan fingerprint density at radius 2 is 2.38 bits per heavy atom.